The van der Waals surface area contributed by atoms with Crippen LogP contribution in [-0.4, -0.2) is 18.2 Å². The minimum atomic E-state index is -1.07. The highest BCUT2D eigenvalue weighted by atomic mass is 16.5. The van der Waals surface area contributed by atoms with Gasteiger partial charge in [-0.05, 0) is 30.3 Å². The third kappa shape index (κ3) is 2.63. The average molecular weight is 248 g/mol. The molecule has 0 aliphatic heterocycles. The summed E-state index contributed by atoms with van der Waals surface area (Å²) >= 11 is 0. The Morgan fingerprint density at radius 3 is 2.83 bits per heavy atom. The summed E-state index contributed by atoms with van der Waals surface area (Å²) in [5.41, 5.74) is 0.0564. The molecule has 5 nitrogen and oxygen atoms in total. The summed E-state index contributed by atoms with van der Waals surface area (Å²) in [5, 5.41) is 9.08. The molecule has 94 valence electrons. The first-order chi connectivity index (χ1) is 8.70. The smallest absolute Gasteiger partial charge is 0.339 e. The van der Waals surface area contributed by atoms with Gasteiger partial charge in [-0.3, -0.25) is 0 Å². The van der Waals surface area contributed by atoms with Crippen LogP contribution in [0.3, 0.4) is 0 Å². The number of methoxy groups -OCH3 is 1. The van der Waals surface area contributed by atoms with Crippen molar-refractivity contribution in [2.45, 2.75) is 6.61 Å². The zero-order chi connectivity index (χ0) is 13.0. The Kier molecular flexibility index (Phi) is 3.52. The maximum Gasteiger partial charge on any atom is 0.339 e. The molecule has 0 fully saturated rings. The van der Waals surface area contributed by atoms with Gasteiger partial charge in [-0.2, -0.15) is 0 Å². The lowest BCUT2D eigenvalue weighted by atomic mass is 10.2. The minimum Gasteiger partial charge on any atom is -0.497 e. The average Bonchev–Trinajstić information content (AvgIpc) is 2.89. The summed E-state index contributed by atoms with van der Waals surface area (Å²) in [7, 11) is 1.48. The number of benzene rings is 1. The van der Waals surface area contributed by atoms with Crippen LogP contribution in [0.5, 0.6) is 11.5 Å². The summed E-state index contributed by atoms with van der Waals surface area (Å²) in [4.78, 5) is 11.1. The quantitative estimate of drug-likeness (QED) is 0.880. The second-order valence-electron chi connectivity index (χ2n) is 3.54. The molecule has 1 aromatic heterocycles. The van der Waals surface area contributed by atoms with Crippen LogP contribution in [0.1, 0.15) is 16.1 Å². The molecular weight excluding hydrogens is 236 g/mol. The second kappa shape index (κ2) is 5.27. The summed E-state index contributed by atoms with van der Waals surface area (Å²) in [6.45, 7) is 0.180. The number of rotatable bonds is 5. The van der Waals surface area contributed by atoms with Crippen LogP contribution in [0.2, 0.25) is 0 Å². The molecule has 5 heteroatoms. The molecule has 0 bridgehead atoms. The van der Waals surface area contributed by atoms with Gasteiger partial charge in [0.05, 0.1) is 13.4 Å². The summed E-state index contributed by atoms with van der Waals surface area (Å²) in [6, 6.07) is 8.11. The zero-order valence-corrected chi connectivity index (χ0v) is 9.75. The molecule has 2 aromatic rings. The first-order valence-electron chi connectivity index (χ1n) is 5.27. The van der Waals surface area contributed by atoms with Crippen molar-refractivity contribution in [3.8, 4) is 11.5 Å². The molecule has 0 atom stereocenters. The molecule has 0 unspecified atom stereocenters. The maximum atomic E-state index is 11.1. The molecule has 0 spiro atoms. The number of ether oxygens (including phenoxy) is 2. The molecule has 1 N–H and O–H groups in total. The molecule has 1 aromatic carbocycles. The van der Waals surface area contributed by atoms with Gasteiger partial charge in [0.2, 0.25) is 0 Å². The molecule has 0 radical (unpaired) electrons. The van der Waals surface area contributed by atoms with Gasteiger partial charge in [0, 0.05) is 0 Å². The largest absolute Gasteiger partial charge is 0.497 e. The third-order valence-electron chi connectivity index (χ3n) is 2.37. The zero-order valence-electron chi connectivity index (χ0n) is 9.75. The van der Waals surface area contributed by atoms with Gasteiger partial charge in [-0.1, -0.05) is 0 Å². The first-order valence-corrected chi connectivity index (χ1v) is 5.27. The Morgan fingerprint density at radius 2 is 2.22 bits per heavy atom. The van der Waals surface area contributed by atoms with E-state index in [0.29, 0.717) is 11.5 Å². The predicted octanol–water partition coefficient (Wildman–Crippen LogP) is 2.57. The van der Waals surface area contributed by atoms with Crippen LogP contribution in [0.15, 0.2) is 41.0 Å². The van der Waals surface area contributed by atoms with Crippen molar-refractivity contribution in [3.05, 3.63) is 47.9 Å². The fourth-order valence-corrected chi connectivity index (χ4v) is 1.47. The van der Waals surface area contributed by atoms with Crippen molar-refractivity contribution in [2.75, 3.05) is 7.11 Å². The Bertz CT molecular complexity index is 530. The maximum absolute atomic E-state index is 11.1. The third-order valence-corrected chi connectivity index (χ3v) is 2.37. The van der Waals surface area contributed by atoms with Crippen LogP contribution >= 0.6 is 0 Å². The molecule has 18 heavy (non-hydrogen) atoms. The number of carboxylic acids is 1. The van der Waals surface area contributed by atoms with Gasteiger partial charge in [0.15, 0.2) is 0 Å². The predicted molar refractivity (Wildman–Crippen MR) is 63.0 cm³/mol. The van der Waals surface area contributed by atoms with Gasteiger partial charge >= 0.3 is 5.97 Å². The van der Waals surface area contributed by atoms with Crippen molar-refractivity contribution in [2.24, 2.45) is 0 Å². The number of aromatic carboxylic acids is 1. The lowest BCUT2D eigenvalue weighted by molar-refractivity contribution is 0.0691. The van der Waals surface area contributed by atoms with Crippen LogP contribution in [0, 0.1) is 0 Å². The van der Waals surface area contributed by atoms with Crippen LogP contribution in [-0.2, 0) is 6.61 Å². The van der Waals surface area contributed by atoms with E-state index < -0.39 is 5.97 Å². The van der Waals surface area contributed by atoms with Gasteiger partial charge in [0.25, 0.3) is 0 Å². The minimum absolute atomic E-state index is 0.0564. The van der Waals surface area contributed by atoms with E-state index in [2.05, 4.69) is 0 Å². The van der Waals surface area contributed by atoms with E-state index >= 15 is 0 Å². The standard InChI is InChI=1S/C13H12O5/c1-16-9-4-5-12(11(7-9)13(14)15)18-8-10-3-2-6-17-10/h2-7H,8H2,1H3,(H,14,15). The van der Waals surface area contributed by atoms with Crippen LogP contribution in [0.25, 0.3) is 0 Å². The van der Waals surface area contributed by atoms with E-state index in [-0.39, 0.29) is 17.9 Å². The van der Waals surface area contributed by atoms with Crippen molar-refractivity contribution in [1.82, 2.24) is 0 Å². The van der Waals surface area contributed by atoms with Crippen molar-refractivity contribution in [1.29, 1.82) is 0 Å². The van der Waals surface area contributed by atoms with Crippen molar-refractivity contribution in [3.63, 3.8) is 0 Å². The summed E-state index contributed by atoms with van der Waals surface area (Å²) < 4.78 is 15.5. The Hall–Kier alpha value is -2.43. The van der Waals surface area contributed by atoms with Gasteiger partial charge < -0.3 is 19.0 Å². The monoisotopic (exact) mass is 248 g/mol. The van der Waals surface area contributed by atoms with Crippen molar-refractivity contribution >= 4 is 5.97 Å². The van der Waals surface area contributed by atoms with Gasteiger partial charge in [-0.25, -0.2) is 4.79 Å². The molecule has 0 saturated carbocycles. The highest BCUT2D eigenvalue weighted by Gasteiger charge is 2.13. The van der Waals surface area contributed by atoms with E-state index in [0.717, 1.165) is 0 Å². The van der Waals surface area contributed by atoms with E-state index in [1.54, 1.807) is 24.3 Å². The van der Waals surface area contributed by atoms with E-state index in [1.165, 1.54) is 19.4 Å². The molecular formula is C13H12O5. The van der Waals surface area contributed by atoms with E-state index in [4.69, 9.17) is 19.0 Å². The number of carboxylic acid groups (broad SMARTS) is 1. The molecule has 0 aliphatic carbocycles. The van der Waals surface area contributed by atoms with E-state index in [1.807, 2.05) is 0 Å². The Labute approximate surface area is 104 Å². The molecule has 0 amide bonds. The fraction of sp³-hybridized carbons (Fsp3) is 0.154. The van der Waals surface area contributed by atoms with Crippen LogP contribution in [0.4, 0.5) is 0 Å². The van der Waals surface area contributed by atoms with Crippen molar-refractivity contribution < 1.29 is 23.8 Å². The van der Waals surface area contributed by atoms with Gasteiger partial charge in [0.1, 0.15) is 29.4 Å². The number of carbonyl (C=O) groups is 1. The number of hydrogen-bond donors (Lipinski definition) is 1. The highest BCUT2D eigenvalue weighted by molar-refractivity contribution is 5.91. The fourth-order valence-electron chi connectivity index (χ4n) is 1.47. The summed E-state index contributed by atoms with van der Waals surface area (Å²) in [6.07, 6.45) is 1.53. The molecule has 2 rings (SSSR count). The highest BCUT2D eigenvalue weighted by Crippen LogP contribution is 2.25. The lowest BCUT2D eigenvalue weighted by Crippen LogP contribution is -2.03. The Balaban J connectivity index is 2.18. The Morgan fingerprint density at radius 1 is 1.39 bits per heavy atom. The molecule has 1 heterocycles. The second-order valence-corrected chi connectivity index (χ2v) is 3.54. The van der Waals surface area contributed by atoms with Gasteiger partial charge in [-0.15, -0.1) is 0 Å². The number of furan rings is 1. The first kappa shape index (κ1) is 12.0. The van der Waals surface area contributed by atoms with E-state index in [9.17, 15) is 4.79 Å². The molecule has 0 aliphatic rings. The lowest BCUT2D eigenvalue weighted by Gasteiger charge is -2.09. The topological polar surface area (TPSA) is 68.9 Å². The van der Waals surface area contributed by atoms with Crippen LogP contribution < -0.4 is 9.47 Å². The molecule has 0 saturated heterocycles. The normalized spacial score (nSPS) is 10.1. The number of hydrogen-bond acceptors (Lipinski definition) is 4. The summed E-state index contributed by atoms with van der Waals surface area (Å²) in [5.74, 6) is 0.308. The SMILES string of the molecule is COc1ccc(OCc2ccco2)c(C(=O)O)c1.